The van der Waals surface area contributed by atoms with E-state index in [2.05, 4.69) is 5.10 Å². The summed E-state index contributed by atoms with van der Waals surface area (Å²) in [6.07, 6.45) is 3.61. The van der Waals surface area contributed by atoms with Crippen molar-refractivity contribution in [1.82, 2.24) is 14.7 Å². The Morgan fingerprint density at radius 3 is 2.55 bits per heavy atom. The first-order valence-corrected chi connectivity index (χ1v) is 10.2. The Balaban J connectivity index is 1.60. The largest absolute Gasteiger partial charge is 0.496 e. The van der Waals surface area contributed by atoms with Crippen molar-refractivity contribution in [2.75, 3.05) is 7.11 Å². The first-order valence-electron chi connectivity index (χ1n) is 9.28. The van der Waals surface area contributed by atoms with Crippen molar-refractivity contribution >= 4 is 17.2 Å². The third-order valence-corrected chi connectivity index (χ3v) is 5.51. The van der Waals surface area contributed by atoms with Crippen LogP contribution in [0.1, 0.15) is 20.8 Å². The topological polar surface area (TPSA) is 47.4 Å². The van der Waals surface area contributed by atoms with Gasteiger partial charge in [0.25, 0.3) is 5.91 Å². The molecule has 0 atom stereocenters. The molecule has 0 bridgehead atoms. The summed E-state index contributed by atoms with van der Waals surface area (Å²) in [7, 11) is 1.65. The van der Waals surface area contributed by atoms with Crippen LogP contribution in [0.2, 0.25) is 0 Å². The van der Waals surface area contributed by atoms with Gasteiger partial charge in [0.1, 0.15) is 5.75 Å². The number of amides is 1. The first-order chi connectivity index (χ1) is 14.2. The van der Waals surface area contributed by atoms with Crippen LogP contribution in [0.4, 0.5) is 0 Å². The number of carbonyl (C=O) groups is 1. The van der Waals surface area contributed by atoms with Gasteiger partial charge in [-0.2, -0.15) is 5.10 Å². The lowest BCUT2D eigenvalue weighted by Crippen LogP contribution is -2.30. The fourth-order valence-corrected chi connectivity index (χ4v) is 3.91. The van der Waals surface area contributed by atoms with Gasteiger partial charge in [-0.1, -0.05) is 24.3 Å². The normalized spacial score (nSPS) is 10.7. The smallest absolute Gasteiger partial charge is 0.254 e. The molecular weight excluding hydrogens is 382 g/mol. The molecule has 0 N–H and O–H groups in total. The van der Waals surface area contributed by atoms with Gasteiger partial charge in [0.15, 0.2) is 0 Å². The highest BCUT2D eigenvalue weighted by Gasteiger charge is 2.19. The van der Waals surface area contributed by atoms with Gasteiger partial charge in [0, 0.05) is 28.4 Å². The van der Waals surface area contributed by atoms with E-state index >= 15 is 0 Å². The number of nitrogens with zero attached hydrogens (tertiary/aromatic N) is 3. The fourth-order valence-electron chi connectivity index (χ4n) is 3.19. The Morgan fingerprint density at radius 2 is 1.86 bits per heavy atom. The molecule has 2 aromatic heterocycles. The maximum absolute atomic E-state index is 13.3. The number of thiophene rings is 1. The maximum atomic E-state index is 13.3. The number of benzene rings is 2. The van der Waals surface area contributed by atoms with E-state index in [0.717, 1.165) is 21.9 Å². The third-order valence-electron chi connectivity index (χ3n) is 4.65. The Morgan fingerprint density at radius 1 is 1.03 bits per heavy atom. The second-order valence-electron chi connectivity index (χ2n) is 6.55. The fraction of sp³-hybridized carbons (Fsp3) is 0.130. The van der Waals surface area contributed by atoms with Crippen molar-refractivity contribution < 1.29 is 9.53 Å². The number of hydrogen-bond donors (Lipinski definition) is 0. The number of aromatic nitrogens is 2. The van der Waals surface area contributed by atoms with Crippen molar-refractivity contribution in [2.24, 2.45) is 0 Å². The molecule has 2 heterocycles. The molecule has 146 valence electrons. The lowest BCUT2D eigenvalue weighted by atomic mass is 10.1. The Hall–Kier alpha value is -3.38. The molecule has 0 aliphatic heterocycles. The minimum absolute atomic E-state index is 0.0173. The average molecular weight is 404 g/mol. The molecule has 0 unspecified atom stereocenters. The van der Waals surface area contributed by atoms with Crippen LogP contribution in [0.15, 0.2) is 84.5 Å². The monoisotopic (exact) mass is 403 g/mol. The number of para-hydroxylation sites is 1. The van der Waals surface area contributed by atoms with Gasteiger partial charge in [-0.15, -0.1) is 11.3 Å². The molecule has 6 heteroatoms. The van der Waals surface area contributed by atoms with Crippen molar-refractivity contribution in [3.63, 3.8) is 0 Å². The highest BCUT2D eigenvalue weighted by atomic mass is 32.1. The number of hydrogen-bond acceptors (Lipinski definition) is 4. The van der Waals surface area contributed by atoms with Crippen molar-refractivity contribution in [3.05, 3.63) is 101 Å². The summed E-state index contributed by atoms with van der Waals surface area (Å²) in [5.41, 5.74) is 2.54. The van der Waals surface area contributed by atoms with Crippen LogP contribution in [-0.2, 0) is 13.1 Å². The van der Waals surface area contributed by atoms with E-state index < -0.39 is 0 Å². The number of carbonyl (C=O) groups excluding carboxylic acids is 1. The summed E-state index contributed by atoms with van der Waals surface area (Å²) in [6, 6.07) is 21.3. The number of methoxy groups -OCH3 is 1. The predicted molar refractivity (Wildman–Crippen MR) is 114 cm³/mol. The summed E-state index contributed by atoms with van der Waals surface area (Å²) in [4.78, 5) is 16.3. The zero-order chi connectivity index (χ0) is 20.1. The molecule has 4 rings (SSSR count). The van der Waals surface area contributed by atoms with Crippen LogP contribution in [0.5, 0.6) is 5.75 Å². The summed E-state index contributed by atoms with van der Waals surface area (Å²) >= 11 is 1.65. The summed E-state index contributed by atoms with van der Waals surface area (Å²) in [6.45, 7) is 1.02. The SMILES string of the molecule is COc1ccccc1CN(Cc1cccs1)C(=O)c1ccc(-n2cccn2)cc1. The van der Waals surface area contributed by atoms with Gasteiger partial charge in [-0.3, -0.25) is 4.79 Å². The quantitative estimate of drug-likeness (QED) is 0.446. The minimum atomic E-state index is -0.0173. The molecular formula is C23H21N3O2S. The standard InChI is InChI=1S/C23H21N3O2S/c1-28-22-8-3-2-6-19(22)16-25(17-21-7-4-15-29-21)23(27)18-9-11-20(12-10-18)26-14-5-13-24-26/h2-15H,16-17H2,1H3. The Labute approximate surface area is 173 Å². The van der Waals surface area contributed by atoms with Gasteiger partial charge < -0.3 is 9.64 Å². The van der Waals surface area contributed by atoms with E-state index in [9.17, 15) is 4.79 Å². The molecule has 0 aliphatic carbocycles. The van der Waals surface area contributed by atoms with Gasteiger partial charge in [-0.05, 0) is 47.8 Å². The van der Waals surface area contributed by atoms with Gasteiger partial charge in [0.2, 0.25) is 0 Å². The molecule has 1 amide bonds. The van der Waals surface area contributed by atoms with E-state index in [0.29, 0.717) is 18.7 Å². The maximum Gasteiger partial charge on any atom is 0.254 e. The van der Waals surface area contributed by atoms with Gasteiger partial charge in [-0.25, -0.2) is 4.68 Å². The zero-order valence-corrected chi connectivity index (χ0v) is 16.9. The van der Waals surface area contributed by atoms with E-state index in [4.69, 9.17) is 4.74 Å². The zero-order valence-electron chi connectivity index (χ0n) is 16.1. The second-order valence-corrected chi connectivity index (χ2v) is 7.58. The third kappa shape index (κ3) is 4.38. The molecule has 0 fully saturated rings. The first kappa shape index (κ1) is 19.0. The van der Waals surface area contributed by atoms with E-state index in [1.54, 1.807) is 29.3 Å². The molecule has 4 aromatic rings. The van der Waals surface area contributed by atoms with Crippen molar-refractivity contribution in [3.8, 4) is 11.4 Å². The van der Waals surface area contributed by atoms with Gasteiger partial charge in [0.05, 0.1) is 25.9 Å². The lowest BCUT2D eigenvalue weighted by Gasteiger charge is -2.23. The number of rotatable bonds is 7. The molecule has 0 saturated carbocycles. The molecule has 29 heavy (non-hydrogen) atoms. The van der Waals surface area contributed by atoms with Crippen LogP contribution >= 0.6 is 11.3 Å². The van der Waals surface area contributed by atoms with E-state index in [1.165, 1.54) is 0 Å². The molecule has 0 spiro atoms. The van der Waals surface area contributed by atoms with E-state index in [1.807, 2.05) is 83.2 Å². The van der Waals surface area contributed by atoms with Gasteiger partial charge >= 0.3 is 0 Å². The summed E-state index contributed by atoms with van der Waals surface area (Å²) in [5.74, 6) is 0.766. The summed E-state index contributed by atoms with van der Waals surface area (Å²) < 4.78 is 7.25. The highest BCUT2D eigenvalue weighted by molar-refractivity contribution is 7.09. The molecule has 0 saturated heterocycles. The van der Waals surface area contributed by atoms with Crippen LogP contribution in [-0.4, -0.2) is 27.7 Å². The minimum Gasteiger partial charge on any atom is -0.496 e. The average Bonchev–Trinajstić information content (AvgIpc) is 3.48. The Bertz CT molecular complexity index is 1060. The number of ether oxygens (including phenoxy) is 1. The highest BCUT2D eigenvalue weighted by Crippen LogP contribution is 2.23. The second kappa shape index (κ2) is 8.75. The van der Waals surface area contributed by atoms with Crippen LogP contribution in [0, 0.1) is 0 Å². The van der Waals surface area contributed by atoms with Crippen LogP contribution in [0.25, 0.3) is 5.69 Å². The molecule has 0 aliphatic rings. The van der Waals surface area contributed by atoms with Crippen molar-refractivity contribution in [1.29, 1.82) is 0 Å². The van der Waals surface area contributed by atoms with Crippen LogP contribution in [0.3, 0.4) is 0 Å². The van der Waals surface area contributed by atoms with E-state index in [-0.39, 0.29) is 5.91 Å². The van der Waals surface area contributed by atoms with Crippen molar-refractivity contribution in [2.45, 2.75) is 13.1 Å². The molecule has 5 nitrogen and oxygen atoms in total. The lowest BCUT2D eigenvalue weighted by molar-refractivity contribution is 0.0730. The molecule has 0 radical (unpaired) electrons. The molecule has 2 aromatic carbocycles. The summed E-state index contributed by atoms with van der Waals surface area (Å²) in [5, 5.41) is 6.26. The Kier molecular flexibility index (Phi) is 5.72. The predicted octanol–water partition coefficient (Wildman–Crippen LogP) is 4.79. The van der Waals surface area contributed by atoms with Crippen LogP contribution < -0.4 is 4.74 Å².